The van der Waals surface area contributed by atoms with E-state index in [-0.39, 0.29) is 0 Å². The number of aromatic nitrogens is 2. The average molecular weight is 617 g/mol. The van der Waals surface area contributed by atoms with Gasteiger partial charge in [-0.1, -0.05) is 115 Å². The molecule has 3 aromatic heterocycles. The Hall–Kier alpha value is -5.90. The second kappa shape index (κ2) is 10.3. The molecule has 0 aliphatic carbocycles. The molecule has 10 rings (SSSR count). The van der Waals surface area contributed by atoms with E-state index in [1.54, 1.807) is 0 Å². The van der Waals surface area contributed by atoms with Gasteiger partial charge in [-0.15, -0.1) is 11.3 Å². The molecule has 0 aliphatic rings. The van der Waals surface area contributed by atoms with E-state index < -0.39 is 0 Å². The van der Waals surface area contributed by atoms with Crippen molar-refractivity contribution in [2.45, 2.75) is 0 Å². The van der Waals surface area contributed by atoms with Crippen LogP contribution >= 0.6 is 11.3 Å². The van der Waals surface area contributed by atoms with Crippen molar-refractivity contribution in [2.24, 2.45) is 0 Å². The van der Waals surface area contributed by atoms with Crippen LogP contribution in [0.4, 0.5) is 0 Å². The van der Waals surface area contributed by atoms with E-state index in [2.05, 4.69) is 179 Å². The molecular weight excluding hydrogens is 589 g/mol. The molecule has 2 nitrogen and oxygen atoms in total. The first-order valence-corrected chi connectivity index (χ1v) is 16.8. The van der Waals surface area contributed by atoms with Crippen molar-refractivity contribution in [2.75, 3.05) is 0 Å². The van der Waals surface area contributed by atoms with Gasteiger partial charge in [0, 0.05) is 37.6 Å². The highest BCUT2D eigenvalue weighted by molar-refractivity contribution is 7.26. The highest BCUT2D eigenvalue weighted by atomic mass is 32.1. The highest BCUT2D eigenvalue weighted by Crippen LogP contribution is 2.44. The number of fused-ring (bicyclic) bond motifs is 8. The van der Waals surface area contributed by atoms with Crippen molar-refractivity contribution in [1.29, 1.82) is 0 Å². The van der Waals surface area contributed by atoms with Gasteiger partial charge < -0.3 is 9.13 Å². The smallest absolute Gasteiger partial charge is 0.0727 e. The monoisotopic (exact) mass is 616 g/mol. The lowest BCUT2D eigenvalue weighted by atomic mass is 9.93. The van der Waals surface area contributed by atoms with Crippen molar-refractivity contribution in [3.05, 3.63) is 170 Å². The molecule has 10 aromatic rings. The maximum absolute atomic E-state index is 2.44. The summed E-state index contributed by atoms with van der Waals surface area (Å²) in [5.74, 6) is 0. The quantitative estimate of drug-likeness (QED) is 0.186. The molecular formula is C44H28N2S. The van der Waals surface area contributed by atoms with Crippen LogP contribution in [0.15, 0.2) is 170 Å². The van der Waals surface area contributed by atoms with Gasteiger partial charge in [-0.2, -0.15) is 0 Å². The normalized spacial score (nSPS) is 11.8. The van der Waals surface area contributed by atoms with E-state index in [1.165, 1.54) is 86.6 Å². The number of benzene rings is 7. The molecule has 220 valence electrons. The van der Waals surface area contributed by atoms with Gasteiger partial charge in [0.15, 0.2) is 0 Å². The van der Waals surface area contributed by atoms with Crippen LogP contribution in [0.3, 0.4) is 0 Å². The first-order chi connectivity index (χ1) is 23.3. The molecule has 7 aromatic carbocycles. The average Bonchev–Trinajstić information content (AvgIpc) is 3.79. The number of hydrogen-bond acceptors (Lipinski definition) is 1. The Balaban J connectivity index is 1.20. The summed E-state index contributed by atoms with van der Waals surface area (Å²) in [6, 6.07) is 61.8. The lowest BCUT2D eigenvalue weighted by Crippen LogP contribution is -1.93. The Labute approximate surface area is 276 Å². The molecule has 0 radical (unpaired) electrons. The van der Waals surface area contributed by atoms with E-state index in [1.807, 2.05) is 11.3 Å². The minimum absolute atomic E-state index is 1.17. The molecule has 0 unspecified atom stereocenters. The summed E-state index contributed by atoms with van der Waals surface area (Å²) >= 11 is 1.89. The van der Waals surface area contributed by atoms with Crippen molar-refractivity contribution in [3.63, 3.8) is 0 Å². The zero-order valence-corrected chi connectivity index (χ0v) is 26.3. The Kier molecular flexibility index (Phi) is 5.78. The van der Waals surface area contributed by atoms with Crippen LogP contribution < -0.4 is 0 Å². The van der Waals surface area contributed by atoms with Gasteiger partial charge in [0.25, 0.3) is 0 Å². The molecule has 0 amide bonds. The molecule has 0 saturated carbocycles. The van der Waals surface area contributed by atoms with Crippen molar-refractivity contribution in [1.82, 2.24) is 9.13 Å². The van der Waals surface area contributed by atoms with Gasteiger partial charge >= 0.3 is 0 Å². The van der Waals surface area contributed by atoms with E-state index >= 15 is 0 Å². The summed E-state index contributed by atoms with van der Waals surface area (Å²) in [5.41, 5.74) is 12.2. The number of para-hydroxylation sites is 4. The molecule has 0 atom stereocenters. The van der Waals surface area contributed by atoms with Crippen LogP contribution in [0.5, 0.6) is 0 Å². The first kappa shape index (κ1) is 26.3. The van der Waals surface area contributed by atoms with Crippen LogP contribution in [0.25, 0.3) is 86.6 Å². The molecule has 0 saturated heterocycles. The minimum atomic E-state index is 1.17. The molecule has 0 spiro atoms. The van der Waals surface area contributed by atoms with Crippen molar-refractivity contribution in [3.8, 4) is 33.6 Å². The van der Waals surface area contributed by atoms with Crippen LogP contribution in [0, 0.1) is 0 Å². The summed E-state index contributed by atoms with van der Waals surface area (Å²) in [4.78, 5) is 0. The third-order valence-corrected chi connectivity index (χ3v) is 10.7. The lowest BCUT2D eigenvalue weighted by molar-refractivity contribution is 1.18. The fourth-order valence-corrected chi connectivity index (χ4v) is 8.66. The topological polar surface area (TPSA) is 9.86 Å². The van der Waals surface area contributed by atoms with Crippen molar-refractivity contribution < 1.29 is 0 Å². The number of rotatable bonds is 4. The van der Waals surface area contributed by atoms with Crippen LogP contribution in [-0.2, 0) is 0 Å². The van der Waals surface area contributed by atoms with E-state index in [4.69, 9.17) is 0 Å². The van der Waals surface area contributed by atoms with Crippen LogP contribution in [0.2, 0.25) is 0 Å². The summed E-state index contributed by atoms with van der Waals surface area (Å²) in [6.07, 6.45) is 0. The zero-order valence-electron chi connectivity index (χ0n) is 25.5. The number of thiophene rings is 1. The first-order valence-electron chi connectivity index (χ1n) is 16.0. The molecule has 0 bridgehead atoms. The third-order valence-electron chi connectivity index (χ3n) is 9.53. The lowest BCUT2D eigenvalue weighted by Gasteiger charge is -2.13. The number of nitrogens with zero attached hydrogens (tertiary/aromatic N) is 2. The second-order valence-corrected chi connectivity index (χ2v) is 13.2. The summed E-state index contributed by atoms with van der Waals surface area (Å²) in [6.45, 7) is 0. The molecule has 0 N–H and O–H groups in total. The largest absolute Gasteiger partial charge is 0.309 e. The van der Waals surface area contributed by atoms with Gasteiger partial charge in [0.1, 0.15) is 0 Å². The molecule has 3 heterocycles. The third kappa shape index (κ3) is 3.97. The van der Waals surface area contributed by atoms with E-state index in [9.17, 15) is 0 Å². The van der Waals surface area contributed by atoms with Crippen molar-refractivity contribution >= 4 is 64.3 Å². The summed E-state index contributed by atoms with van der Waals surface area (Å²) in [7, 11) is 0. The van der Waals surface area contributed by atoms with E-state index in [0.717, 1.165) is 0 Å². The predicted octanol–water partition coefficient (Wildman–Crippen LogP) is 12.4. The Morgan fingerprint density at radius 1 is 0.362 bits per heavy atom. The molecule has 0 fully saturated rings. The zero-order chi connectivity index (χ0) is 30.9. The molecule has 0 aliphatic heterocycles. The number of hydrogen-bond donors (Lipinski definition) is 0. The fourth-order valence-electron chi connectivity index (χ4n) is 7.46. The van der Waals surface area contributed by atoms with Gasteiger partial charge in [-0.3, -0.25) is 0 Å². The Morgan fingerprint density at radius 2 is 0.894 bits per heavy atom. The second-order valence-electron chi connectivity index (χ2n) is 12.1. The predicted molar refractivity (Wildman–Crippen MR) is 201 cm³/mol. The highest BCUT2D eigenvalue weighted by Gasteiger charge is 2.19. The molecule has 47 heavy (non-hydrogen) atoms. The molecule has 3 heteroatoms. The summed E-state index contributed by atoms with van der Waals surface area (Å²) in [5, 5.41) is 5.13. The Morgan fingerprint density at radius 3 is 1.62 bits per heavy atom. The van der Waals surface area contributed by atoms with Gasteiger partial charge in [-0.05, 0) is 76.9 Å². The van der Waals surface area contributed by atoms with Gasteiger partial charge in [-0.25, -0.2) is 0 Å². The summed E-state index contributed by atoms with van der Waals surface area (Å²) < 4.78 is 7.48. The SMILES string of the molecule is c1ccc(-n2c3ccccc3c3ccc(-c4ccccc4-c4ccc5sc6c7ccccc7n(-c7ccccc7)c6c5c4)cc32)cc1. The maximum atomic E-state index is 2.44. The van der Waals surface area contributed by atoms with Crippen LogP contribution in [0.1, 0.15) is 0 Å². The van der Waals surface area contributed by atoms with Crippen LogP contribution in [-0.4, -0.2) is 9.13 Å². The van der Waals surface area contributed by atoms with E-state index in [0.29, 0.717) is 0 Å². The standard InChI is InChI=1S/C44H28N2S/c1-3-13-31(14-4-1)45-39-21-11-9-19-35(39)36-25-23-30(28-41(36)45)34-18-8-7-17-33(34)29-24-26-42-38(27-29)43-44(47-42)37-20-10-12-22-40(37)46(43)32-15-5-2-6-16-32/h1-28H. The Bertz CT molecular complexity index is 2780. The maximum Gasteiger partial charge on any atom is 0.0727 e. The van der Waals surface area contributed by atoms with Gasteiger partial charge in [0.2, 0.25) is 0 Å². The fraction of sp³-hybridized carbons (Fsp3) is 0. The van der Waals surface area contributed by atoms with Gasteiger partial charge in [0.05, 0.1) is 26.8 Å². The minimum Gasteiger partial charge on any atom is -0.309 e.